The zero-order chi connectivity index (χ0) is 17.5. The van der Waals surface area contributed by atoms with Gasteiger partial charge in [-0.2, -0.15) is 0 Å². The topological polar surface area (TPSA) is 28.6 Å². The van der Waals surface area contributed by atoms with Crippen LogP contribution in [0.25, 0.3) is 0 Å². The summed E-state index contributed by atoms with van der Waals surface area (Å²) in [4.78, 5) is 9.14. The van der Waals surface area contributed by atoms with Gasteiger partial charge in [-0.15, -0.1) is 0 Å². The van der Waals surface area contributed by atoms with Crippen LogP contribution in [0.2, 0.25) is 0 Å². The maximum Gasteiger partial charge on any atom is 0.119 e. The summed E-state index contributed by atoms with van der Waals surface area (Å²) in [7, 11) is 0. The molecule has 0 saturated carbocycles. The molecule has 0 atom stereocenters. The summed E-state index contributed by atoms with van der Waals surface area (Å²) in [6.07, 6.45) is 3.75. The molecule has 3 rings (SSSR count). The highest BCUT2D eigenvalue weighted by Gasteiger charge is 2.17. The molecule has 25 heavy (non-hydrogen) atoms. The Hall–Kier alpha value is -1.91. The molecule has 4 nitrogen and oxygen atoms in total. The third-order valence-corrected chi connectivity index (χ3v) is 4.51. The third-order valence-electron chi connectivity index (χ3n) is 4.51. The molecule has 0 radical (unpaired) electrons. The van der Waals surface area contributed by atoms with E-state index < -0.39 is 0 Å². The van der Waals surface area contributed by atoms with Crippen molar-refractivity contribution < 1.29 is 4.74 Å². The van der Waals surface area contributed by atoms with Crippen molar-refractivity contribution in [3.05, 3.63) is 59.9 Å². The van der Waals surface area contributed by atoms with Crippen LogP contribution in [0.15, 0.2) is 48.8 Å². The first-order valence-electron chi connectivity index (χ1n) is 9.24. The second-order valence-corrected chi connectivity index (χ2v) is 7.26. The Balaban J connectivity index is 1.46. The van der Waals surface area contributed by atoms with Crippen LogP contribution in [0.3, 0.4) is 0 Å². The summed E-state index contributed by atoms with van der Waals surface area (Å²) >= 11 is 0. The average Bonchev–Trinajstić information content (AvgIpc) is 2.63. The Labute approximate surface area is 151 Å². The van der Waals surface area contributed by atoms with Crippen LogP contribution in [0, 0.1) is 5.92 Å². The van der Waals surface area contributed by atoms with Crippen molar-refractivity contribution in [1.29, 1.82) is 0 Å². The van der Waals surface area contributed by atoms with E-state index in [1.807, 2.05) is 12.4 Å². The van der Waals surface area contributed by atoms with Gasteiger partial charge >= 0.3 is 0 Å². The Morgan fingerprint density at radius 1 is 0.920 bits per heavy atom. The molecular weight excluding hydrogens is 310 g/mol. The monoisotopic (exact) mass is 339 g/mol. The van der Waals surface area contributed by atoms with Gasteiger partial charge in [0.05, 0.1) is 6.61 Å². The smallest absolute Gasteiger partial charge is 0.119 e. The summed E-state index contributed by atoms with van der Waals surface area (Å²) in [6.45, 7) is 11.6. The fourth-order valence-corrected chi connectivity index (χ4v) is 3.11. The number of pyridine rings is 1. The first kappa shape index (κ1) is 17.9. The van der Waals surface area contributed by atoms with Gasteiger partial charge in [0, 0.05) is 51.7 Å². The Kier molecular flexibility index (Phi) is 6.42. The highest BCUT2D eigenvalue weighted by molar-refractivity contribution is 5.28. The molecule has 1 aromatic carbocycles. The first-order chi connectivity index (χ1) is 12.2. The molecule has 4 heteroatoms. The van der Waals surface area contributed by atoms with Crippen molar-refractivity contribution in [3.63, 3.8) is 0 Å². The Bertz CT molecular complexity index is 637. The standard InChI is InChI=1S/C21H29N3O/c1-18(2)17-25-21-5-3-4-20(14-21)16-24-12-10-23(11-13-24)15-19-6-8-22-9-7-19/h3-9,14,18H,10-13,15-17H2,1-2H3. The second-order valence-electron chi connectivity index (χ2n) is 7.26. The number of piperazine rings is 1. The lowest BCUT2D eigenvalue weighted by molar-refractivity contribution is 0.122. The number of ether oxygens (including phenoxy) is 1. The fourth-order valence-electron chi connectivity index (χ4n) is 3.11. The zero-order valence-electron chi connectivity index (χ0n) is 15.4. The molecule has 0 unspecified atom stereocenters. The van der Waals surface area contributed by atoms with Gasteiger partial charge in [0.2, 0.25) is 0 Å². The van der Waals surface area contributed by atoms with Crippen LogP contribution in [0.1, 0.15) is 25.0 Å². The summed E-state index contributed by atoms with van der Waals surface area (Å²) in [6, 6.07) is 12.8. The third kappa shape index (κ3) is 5.83. The van der Waals surface area contributed by atoms with Gasteiger partial charge in [0.15, 0.2) is 0 Å². The molecular formula is C21H29N3O. The SMILES string of the molecule is CC(C)COc1cccc(CN2CCN(Cc3ccncc3)CC2)c1. The van der Waals surface area contributed by atoms with Crippen molar-refractivity contribution in [2.75, 3.05) is 32.8 Å². The lowest BCUT2D eigenvalue weighted by atomic mass is 10.1. The van der Waals surface area contributed by atoms with E-state index in [0.717, 1.165) is 51.6 Å². The predicted molar refractivity (Wildman–Crippen MR) is 102 cm³/mol. The minimum Gasteiger partial charge on any atom is -0.493 e. The van der Waals surface area contributed by atoms with Crippen molar-refractivity contribution in [3.8, 4) is 5.75 Å². The van der Waals surface area contributed by atoms with Gasteiger partial charge in [-0.25, -0.2) is 0 Å². The van der Waals surface area contributed by atoms with Crippen molar-refractivity contribution >= 4 is 0 Å². The van der Waals surface area contributed by atoms with Gasteiger partial charge in [0.25, 0.3) is 0 Å². The highest BCUT2D eigenvalue weighted by Crippen LogP contribution is 2.17. The molecule has 1 saturated heterocycles. The van der Waals surface area contributed by atoms with E-state index in [0.29, 0.717) is 5.92 Å². The number of aromatic nitrogens is 1. The van der Waals surface area contributed by atoms with Crippen LogP contribution in [-0.2, 0) is 13.1 Å². The van der Waals surface area contributed by atoms with Crippen LogP contribution < -0.4 is 4.74 Å². The van der Waals surface area contributed by atoms with Crippen LogP contribution in [0.5, 0.6) is 5.75 Å². The van der Waals surface area contributed by atoms with E-state index in [1.54, 1.807) is 0 Å². The van der Waals surface area contributed by atoms with Crippen LogP contribution in [-0.4, -0.2) is 47.6 Å². The van der Waals surface area contributed by atoms with Gasteiger partial charge in [-0.3, -0.25) is 14.8 Å². The zero-order valence-corrected chi connectivity index (χ0v) is 15.4. The summed E-state index contributed by atoms with van der Waals surface area (Å²) < 4.78 is 5.85. The van der Waals surface area contributed by atoms with Crippen molar-refractivity contribution in [2.45, 2.75) is 26.9 Å². The summed E-state index contributed by atoms with van der Waals surface area (Å²) in [5.74, 6) is 1.54. The Morgan fingerprint density at radius 3 is 2.20 bits per heavy atom. The quantitative estimate of drug-likeness (QED) is 0.773. The maximum absolute atomic E-state index is 5.85. The predicted octanol–water partition coefficient (Wildman–Crippen LogP) is 3.43. The van der Waals surface area contributed by atoms with Crippen molar-refractivity contribution in [2.24, 2.45) is 5.92 Å². The van der Waals surface area contributed by atoms with E-state index >= 15 is 0 Å². The molecule has 0 aliphatic carbocycles. The van der Waals surface area contributed by atoms with E-state index in [4.69, 9.17) is 4.74 Å². The lowest BCUT2D eigenvalue weighted by Gasteiger charge is -2.34. The number of nitrogens with zero attached hydrogens (tertiary/aromatic N) is 3. The number of benzene rings is 1. The van der Waals surface area contributed by atoms with E-state index in [9.17, 15) is 0 Å². The van der Waals surface area contributed by atoms with Gasteiger partial charge in [-0.1, -0.05) is 26.0 Å². The molecule has 134 valence electrons. The molecule has 1 aliphatic rings. The first-order valence-corrected chi connectivity index (χ1v) is 9.24. The lowest BCUT2D eigenvalue weighted by Crippen LogP contribution is -2.45. The molecule has 0 spiro atoms. The highest BCUT2D eigenvalue weighted by atomic mass is 16.5. The molecule has 2 aromatic rings. The number of hydrogen-bond donors (Lipinski definition) is 0. The van der Waals surface area contributed by atoms with Gasteiger partial charge in [-0.05, 0) is 41.3 Å². The summed E-state index contributed by atoms with van der Waals surface area (Å²) in [5, 5.41) is 0. The minimum absolute atomic E-state index is 0.553. The van der Waals surface area contributed by atoms with E-state index in [1.165, 1.54) is 11.1 Å². The molecule has 2 heterocycles. The van der Waals surface area contributed by atoms with Crippen LogP contribution in [0.4, 0.5) is 0 Å². The fraction of sp³-hybridized carbons (Fsp3) is 0.476. The average molecular weight is 339 g/mol. The molecule has 1 fully saturated rings. The van der Waals surface area contributed by atoms with Gasteiger partial charge < -0.3 is 4.74 Å². The minimum atomic E-state index is 0.553. The molecule has 1 aliphatic heterocycles. The maximum atomic E-state index is 5.85. The molecule has 0 N–H and O–H groups in total. The largest absolute Gasteiger partial charge is 0.493 e. The number of rotatable bonds is 7. The van der Waals surface area contributed by atoms with Gasteiger partial charge in [0.1, 0.15) is 5.75 Å². The van der Waals surface area contributed by atoms with E-state index in [2.05, 4.69) is 65.0 Å². The summed E-state index contributed by atoms with van der Waals surface area (Å²) in [5.41, 5.74) is 2.68. The molecule has 0 amide bonds. The van der Waals surface area contributed by atoms with E-state index in [-0.39, 0.29) is 0 Å². The second kappa shape index (κ2) is 8.97. The Morgan fingerprint density at radius 2 is 1.56 bits per heavy atom. The molecule has 0 bridgehead atoms. The number of hydrogen-bond acceptors (Lipinski definition) is 4. The van der Waals surface area contributed by atoms with Crippen LogP contribution >= 0.6 is 0 Å². The molecule has 1 aromatic heterocycles. The normalized spacial score (nSPS) is 16.3. The van der Waals surface area contributed by atoms with Crippen molar-refractivity contribution in [1.82, 2.24) is 14.8 Å².